The largest absolute Gasteiger partial charge is 0.367 e. The Balaban J connectivity index is 2.29. The van der Waals surface area contributed by atoms with Gasteiger partial charge in [0.1, 0.15) is 4.47 Å². The molecule has 0 aliphatic heterocycles. The molecule has 0 atom stereocenters. The highest BCUT2D eigenvalue weighted by atomic mass is 79.9. The monoisotopic (exact) mass is 334 g/mol. The molecular weight excluding hydrogens is 320 g/mol. The van der Waals surface area contributed by atoms with Crippen molar-refractivity contribution in [1.29, 1.82) is 0 Å². The molecule has 0 heterocycles. The molecule has 2 aromatic carbocycles. The summed E-state index contributed by atoms with van der Waals surface area (Å²) in [5.74, 6) is 0. The summed E-state index contributed by atoms with van der Waals surface area (Å²) in [7, 11) is 0. The molecule has 0 aliphatic rings. The molecule has 0 N–H and O–H groups in total. The lowest BCUT2D eigenvalue weighted by Crippen LogP contribution is -2.22. The normalized spacial score (nSPS) is 10.3. The summed E-state index contributed by atoms with van der Waals surface area (Å²) < 4.78 is 0.555. The Labute approximate surface area is 126 Å². The van der Waals surface area contributed by atoms with Crippen molar-refractivity contribution in [2.75, 3.05) is 11.4 Å². The van der Waals surface area contributed by atoms with E-state index in [2.05, 4.69) is 27.8 Å². The second-order valence-corrected chi connectivity index (χ2v) is 5.15. The highest BCUT2D eigenvalue weighted by Crippen LogP contribution is 2.30. The number of nitrogens with zero attached hydrogens (tertiary/aromatic N) is 2. The molecule has 0 fully saturated rings. The van der Waals surface area contributed by atoms with Crippen molar-refractivity contribution in [1.82, 2.24) is 0 Å². The van der Waals surface area contributed by atoms with Gasteiger partial charge in [-0.15, -0.1) is 0 Å². The van der Waals surface area contributed by atoms with Crippen LogP contribution >= 0.6 is 15.9 Å². The van der Waals surface area contributed by atoms with E-state index < -0.39 is 0 Å². The van der Waals surface area contributed by atoms with Crippen LogP contribution in [0.2, 0.25) is 0 Å². The Morgan fingerprint density at radius 3 is 2.45 bits per heavy atom. The number of halogens is 1. The lowest BCUT2D eigenvalue weighted by atomic mass is 10.1. The van der Waals surface area contributed by atoms with E-state index in [1.807, 2.05) is 36.4 Å². The zero-order valence-corrected chi connectivity index (χ0v) is 12.7. The molecule has 0 radical (unpaired) electrons. The lowest BCUT2D eigenvalue weighted by molar-refractivity contribution is -0.385. The summed E-state index contributed by atoms with van der Waals surface area (Å²) in [4.78, 5) is 12.8. The van der Waals surface area contributed by atoms with Gasteiger partial charge in [0.2, 0.25) is 0 Å². The zero-order valence-electron chi connectivity index (χ0n) is 11.1. The Hall–Kier alpha value is -1.88. The van der Waals surface area contributed by atoms with E-state index in [4.69, 9.17) is 0 Å². The van der Waals surface area contributed by atoms with Crippen molar-refractivity contribution < 1.29 is 4.92 Å². The van der Waals surface area contributed by atoms with E-state index in [9.17, 15) is 10.1 Å². The van der Waals surface area contributed by atoms with Gasteiger partial charge in [0.15, 0.2) is 0 Å². The van der Waals surface area contributed by atoms with Gasteiger partial charge in [-0.3, -0.25) is 10.1 Å². The van der Waals surface area contributed by atoms with E-state index >= 15 is 0 Å². The minimum Gasteiger partial charge on any atom is -0.367 e. The summed E-state index contributed by atoms with van der Waals surface area (Å²) in [6, 6.07) is 15.2. The third kappa shape index (κ3) is 3.17. The number of nitro groups is 1. The van der Waals surface area contributed by atoms with Crippen LogP contribution in [0, 0.1) is 10.1 Å². The molecule has 20 heavy (non-hydrogen) atoms. The van der Waals surface area contributed by atoms with Crippen molar-refractivity contribution in [2.45, 2.75) is 13.5 Å². The smallest absolute Gasteiger partial charge is 0.283 e. The molecular formula is C15H15BrN2O2. The van der Waals surface area contributed by atoms with Crippen LogP contribution in [-0.4, -0.2) is 11.5 Å². The van der Waals surface area contributed by atoms with Crippen molar-refractivity contribution in [2.24, 2.45) is 0 Å². The lowest BCUT2D eigenvalue weighted by Gasteiger charge is -2.23. The Morgan fingerprint density at radius 2 is 1.85 bits per heavy atom. The van der Waals surface area contributed by atoms with Crippen LogP contribution in [0.3, 0.4) is 0 Å². The minimum atomic E-state index is -0.369. The molecule has 2 aromatic rings. The average molecular weight is 335 g/mol. The first-order valence-corrected chi connectivity index (χ1v) is 7.14. The van der Waals surface area contributed by atoms with Gasteiger partial charge >= 0.3 is 0 Å². The first-order chi connectivity index (χ1) is 9.63. The number of para-hydroxylation sites is 1. The molecule has 4 nitrogen and oxygen atoms in total. The molecule has 0 unspecified atom stereocenters. The fourth-order valence-corrected chi connectivity index (χ4v) is 2.59. The molecule has 0 spiro atoms. The van der Waals surface area contributed by atoms with E-state index in [1.165, 1.54) is 6.07 Å². The molecule has 0 bridgehead atoms. The zero-order chi connectivity index (χ0) is 14.5. The fourth-order valence-electron chi connectivity index (χ4n) is 2.06. The van der Waals surface area contributed by atoms with Gasteiger partial charge in [-0.05, 0) is 40.5 Å². The number of hydrogen-bond donors (Lipinski definition) is 0. The third-order valence-electron chi connectivity index (χ3n) is 3.12. The molecule has 0 saturated carbocycles. The van der Waals surface area contributed by atoms with Crippen LogP contribution in [0.15, 0.2) is 53.0 Å². The van der Waals surface area contributed by atoms with Gasteiger partial charge in [0.25, 0.3) is 5.69 Å². The molecule has 2 rings (SSSR count). The second-order valence-electron chi connectivity index (χ2n) is 4.36. The summed E-state index contributed by atoms with van der Waals surface area (Å²) in [5, 5.41) is 11.0. The van der Waals surface area contributed by atoms with Crippen LogP contribution in [0.1, 0.15) is 12.5 Å². The Bertz CT molecular complexity index is 602. The molecule has 0 saturated heterocycles. The Morgan fingerprint density at radius 1 is 1.15 bits per heavy atom. The van der Waals surface area contributed by atoms with E-state index in [0.29, 0.717) is 11.0 Å². The maximum absolute atomic E-state index is 11.0. The maximum Gasteiger partial charge on any atom is 0.283 e. The van der Waals surface area contributed by atoms with Crippen LogP contribution in [-0.2, 0) is 6.54 Å². The van der Waals surface area contributed by atoms with Crippen molar-refractivity contribution in [3.8, 4) is 0 Å². The molecule has 5 heteroatoms. The average Bonchev–Trinajstić information content (AvgIpc) is 2.47. The quantitative estimate of drug-likeness (QED) is 0.602. The van der Waals surface area contributed by atoms with Crippen molar-refractivity contribution in [3.63, 3.8) is 0 Å². The standard InChI is InChI=1S/C15H15BrN2O2/c1-2-17(13-8-4-3-5-9-13)11-12-7-6-10-14(15(12)16)18(19)20/h3-10H,2,11H2,1H3. The van der Waals surface area contributed by atoms with E-state index in [0.717, 1.165) is 17.8 Å². The minimum absolute atomic E-state index is 0.103. The summed E-state index contributed by atoms with van der Waals surface area (Å²) in [5.41, 5.74) is 2.12. The highest BCUT2D eigenvalue weighted by Gasteiger charge is 2.16. The topological polar surface area (TPSA) is 46.4 Å². The summed E-state index contributed by atoms with van der Waals surface area (Å²) in [6.45, 7) is 3.53. The third-order valence-corrected chi connectivity index (χ3v) is 4.03. The van der Waals surface area contributed by atoms with Gasteiger partial charge < -0.3 is 4.90 Å². The highest BCUT2D eigenvalue weighted by molar-refractivity contribution is 9.10. The fraction of sp³-hybridized carbons (Fsp3) is 0.200. The number of hydrogen-bond acceptors (Lipinski definition) is 3. The Kier molecular flexibility index (Phi) is 4.74. The van der Waals surface area contributed by atoms with Gasteiger partial charge in [-0.25, -0.2) is 0 Å². The predicted molar refractivity (Wildman–Crippen MR) is 84.0 cm³/mol. The summed E-state index contributed by atoms with van der Waals surface area (Å²) >= 11 is 3.34. The number of rotatable bonds is 5. The van der Waals surface area contributed by atoms with Gasteiger partial charge in [-0.1, -0.05) is 30.3 Å². The molecule has 0 aromatic heterocycles. The first kappa shape index (κ1) is 14.5. The van der Waals surface area contributed by atoms with Crippen LogP contribution in [0.4, 0.5) is 11.4 Å². The molecule has 0 aliphatic carbocycles. The SMILES string of the molecule is CCN(Cc1cccc([N+](=O)[O-])c1Br)c1ccccc1. The summed E-state index contributed by atoms with van der Waals surface area (Å²) in [6.07, 6.45) is 0. The van der Waals surface area contributed by atoms with Crippen LogP contribution < -0.4 is 4.90 Å². The van der Waals surface area contributed by atoms with Gasteiger partial charge in [0, 0.05) is 24.8 Å². The first-order valence-electron chi connectivity index (χ1n) is 6.35. The maximum atomic E-state index is 11.0. The molecule has 104 valence electrons. The number of nitro benzene ring substituents is 1. The van der Waals surface area contributed by atoms with Gasteiger partial charge in [-0.2, -0.15) is 0 Å². The number of benzene rings is 2. The molecule has 0 amide bonds. The van der Waals surface area contributed by atoms with Crippen LogP contribution in [0.25, 0.3) is 0 Å². The van der Waals surface area contributed by atoms with E-state index in [1.54, 1.807) is 6.07 Å². The van der Waals surface area contributed by atoms with Crippen molar-refractivity contribution >= 4 is 27.3 Å². The second kappa shape index (κ2) is 6.52. The number of anilines is 1. The van der Waals surface area contributed by atoms with E-state index in [-0.39, 0.29) is 10.6 Å². The predicted octanol–water partition coefficient (Wildman–Crippen LogP) is 4.38. The van der Waals surface area contributed by atoms with Crippen molar-refractivity contribution in [3.05, 3.63) is 68.7 Å². The van der Waals surface area contributed by atoms with Crippen LogP contribution in [0.5, 0.6) is 0 Å². The van der Waals surface area contributed by atoms with Gasteiger partial charge in [0.05, 0.1) is 4.92 Å².